The van der Waals surface area contributed by atoms with Crippen LogP contribution in [0.3, 0.4) is 0 Å². The molecule has 106 valence electrons. The second-order valence-electron chi connectivity index (χ2n) is 4.97. The van der Waals surface area contributed by atoms with Gasteiger partial charge in [0.1, 0.15) is 5.82 Å². The maximum absolute atomic E-state index is 13.5. The van der Waals surface area contributed by atoms with Crippen molar-refractivity contribution in [1.82, 2.24) is 0 Å². The van der Waals surface area contributed by atoms with Crippen LogP contribution in [0, 0.1) is 5.82 Å². The molecular weight excluding hydrogens is 364 g/mol. The monoisotopic (exact) mass is 375 g/mol. The number of halogens is 4. The summed E-state index contributed by atoms with van der Waals surface area (Å²) < 4.78 is 14.4. The molecule has 5 heteroatoms. The first-order valence-corrected chi connectivity index (χ1v) is 7.53. The van der Waals surface area contributed by atoms with Gasteiger partial charge in [-0.25, -0.2) is 4.39 Å². The van der Waals surface area contributed by atoms with E-state index in [2.05, 4.69) is 15.9 Å². The van der Waals surface area contributed by atoms with E-state index in [1.807, 2.05) is 19.1 Å². The maximum Gasteiger partial charge on any atom is 0.142 e. The third kappa shape index (κ3) is 3.53. The van der Waals surface area contributed by atoms with Crippen molar-refractivity contribution >= 4 is 39.1 Å². The Morgan fingerprint density at radius 1 is 1.15 bits per heavy atom. The van der Waals surface area contributed by atoms with Gasteiger partial charge in [0.15, 0.2) is 0 Å². The molecule has 1 unspecified atom stereocenters. The molecule has 0 saturated heterocycles. The summed E-state index contributed by atoms with van der Waals surface area (Å²) in [7, 11) is 0. The Morgan fingerprint density at radius 3 is 2.45 bits per heavy atom. The minimum Gasteiger partial charge on any atom is -0.321 e. The van der Waals surface area contributed by atoms with Crippen LogP contribution in [0.15, 0.2) is 40.9 Å². The van der Waals surface area contributed by atoms with Crippen LogP contribution in [0.2, 0.25) is 10.0 Å². The molecule has 2 rings (SSSR count). The Kier molecular flexibility index (Phi) is 4.75. The van der Waals surface area contributed by atoms with Crippen molar-refractivity contribution in [1.29, 1.82) is 0 Å². The lowest BCUT2D eigenvalue weighted by Crippen LogP contribution is -2.35. The third-order valence-electron chi connectivity index (χ3n) is 3.10. The van der Waals surface area contributed by atoms with E-state index in [4.69, 9.17) is 28.9 Å². The van der Waals surface area contributed by atoms with Crippen LogP contribution in [0.1, 0.15) is 18.1 Å². The van der Waals surface area contributed by atoms with Gasteiger partial charge in [-0.15, -0.1) is 0 Å². The Morgan fingerprint density at radius 2 is 1.85 bits per heavy atom. The number of rotatable bonds is 3. The molecule has 0 spiro atoms. The van der Waals surface area contributed by atoms with Crippen molar-refractivity contribution in [3.05, 3.63) is 67.9 Å². The van der Waals surface area contributed by atoms with E-state index in [1.54, 1.807) is 12.1 Å². The second kappa shape index (κ2) is 6.02. The van der Waals surface area contributed by atoms with E-state index in [9.17, 15) is 4.39 Å². The maximum atomic E-state index is 13.5. The van der Waals surface area contributed by atoms with E-state index in [0.717, 1.165) is 15.6 Å². The molecule has 2 aromatic rings. The standard InChI is InChI=1S/C15H13BrCl2FN/c1-15(20,11-4-3-10(16)7-13(11)18)8-9-2-5-12(17)14(19)6-9/h2-7H,8,20H2,1H3. The molecule has 0 aliphatic carbocycles. The molecule has 2 aromatic carbocycles. The van der Waals surface area contributed by atoms with Crippen molar-refractivity contribution in [3.8, 4) is 0 Å². The van der Waals surface area contributed by atoms with Crippen molar-refractivity contribution in [2.75, 3.05) is 0 Å². The first-order valence-electron chi connectivity index (χ1n) is 5.98. The molecule has 0 amide bonds. The lowest BCUT2D eigenvalue weighted by Gasteiger charge is -2.26. The summed E-state index contributed by atoms with van der Waals surface area (Å²) in [5, 5.41) is 0.688. The van der Waals surface area contributed by atoms with Crippen LogP contribution in [-0.4, -0.2) is 0 Å². The zero-order chi connectivity index (χ0) is 14.9. The van der Waals surface area contributed by atoms with Gasteiger partial charge in [-0.05, 0) is 48.7 Å². The van der Waals surface area contributed by atoms with Gasteiger partial charge in [-0.2, -0.15) is 0 Å². The first-order chi connectivity index (χ1) is 9.29. The van der Waals surface area contributed by atoms with Crippen LogP contribution in [0.25, 0.3) is 0 Å². The summed E-state index contributed by atoms with van der Waals surface area (Å²) >= 11 is 15.3. The topological polar surface area (TPSA) is 26.0 Å². The van der Waals surface area contributed by atoms with Gasteiger partial charge in [0.2, 0.25) is 0 Å². The largest absolute Gasteiger partial charge is 0.321 e. The van der Waals surface area contributed by atoms with Gasteiger partial charge in [0, 0.05) is 15.0 Å². The van der Waals surface area contributed by atoms with Gasteiger partial charge in [0.25, 0.3) is 0 Å². The molecule has 0 aliphatic heterocycles. The normalized spacial score (nSPS) is 14.1. The second-order valence-corrected chi connectivity index (χ2v) is 6.70. The van der Waals surface area contributed by atoms with Gasteiger partial charge in [0.05, 0.1) is 5.02 Å². The van der Waals surface area contributed by atoms with E-state index in [0.29, 0.717) is 11.4 Å². The summed E-state index contributed by atoms with van der Waals surface area (Å²) in [5.74, 6) is -0.443. The van der Waals surface area contributed by atoms with Gasteiger partial charge in [-0.3, -0.25) is 0 Å². The van der Waals surface area contributed by atoms with Gasteiger partial charge in [-0.1, -0.05) is 51.3 Å². The molecule has 1 nitrogen and oxygen atoms in total. The molecule has 1 atom stereocenters. The highest BCUT2D eigenvalue weighted by Crippen LogP contribution is 2.31. The lowest BCUT2D eigenvalue weighted by atomic mass is 9.86. The Labute approximate surface area is 136 Å². The molecule has 0 aliphatic rings. The Hall–Kier alpha value is -0.610. The summed E-state index contributed by atoms with van der Waals surface area (Å²) in [4.78, 5) is 0. The fraction of sp³-hybridized carbons (Fsp3) is 0.200. The Balaban J connectivity index is 2.32. The first kappa shape index (κ1) is 15.8. The minimum absolute atomic E-state index is 0.106. The van der Waals surface area contributed by atoms with Crippen LogP contribution in [0.4, 0.5) is 4.39 Å². The summed E-state index contributed by atoms with van der Waals surface area (Å²) in [6.45, 7) is 1.87. The molecule has 0 saturated carbocycles. The average molecular weight is 377 g/mol. The SMILES string of the molecule is CC(N)(Cc1ccc(Cl)c(F)c1)c1ccc(Br)cc1Cl. The highest BCUT2D eigenvalue weighted by molar-refractivity contribution is 9.10. The van der Waals surface area contributed by atoms with Gasteiger partial charge < -0.3 is 5.73 Å². The molecule has 0 heterocycles. The molecule has 0 radical (unpaired) electrons. The quantitative estimate of drug-likeness (QED) is 0.771. The van der Waals surface area contributed by atoms with Crippen LogP contribution in [0.5, 0.6) is 0 Å². The highest BCUT2D eigenvalue weighted by atomic mass is 79.9. The van der Waals surface area contributed by atoms with E-state index in [1.165, 1.54) is 12.1 Å². The van der Waals surface area contributed by atoms with Crippen LogP contribution < -0.4 is 5.73 Å². The van der Waals surface area contributed by atoms with E-state index >= 15 is 0 Å². The highest BCUT2D eigenvalue weighted by Gasteiger charge is 2.24. The molecule has 2 N–H and O–H groups in total. The molecule has 0 bridgehead atoms. The van der Waals surface area contributed by atoms with Crippen molar-refractivity contribution in [2.24, 2.45) is 5.73 Å². The lowest BCUT2D eigenvalue weighted by molar-refractivity contribution is 0.489. The minimum atomic E-state index is -0.696. The number of hydrogen-bond donors (Lipinski definition) is 1. The predicted molar refractivity (Wildman–Crippen MR) is 85.8 cm³/mol. The van der Waals surface area contributed by atoms with Crippen molar-refractivity contribution in [3.63, 3.8) is 0 Å². The van der Waals surface area contributed by atoms with Crippen LogP contribution >= 0.6 is 39.1 Å². The van der Waals surface area contributed by atoms with E-state index < -0.39 is 11.4 Å². The third-order valence-corrected chi connectivity index (χ3v) is 4.21. The zero-order valence-corrected chi connectivity index (χ0v) is 13.9. The van der Waals surface area contributed by atoms with Crippen LogP contribution in [-0.2, 0) is 12.0 Å². The summed E-state index contributed by atoms with van der Waals surface area (Å²) in [6.07, 6.45) is 0.461. The number of benzene rings is 2. The number of hydrogen-bond acceptors (Lipinski definition) is 1. The predicted octanol–water partition coefficient (Wildman–Crippen LogP) is 5.31. The summed E-state index contributed by atoms with van der Waals surface area (Å²) in [5.41, 5.74) is 7.25. The van der Waals surface area contributed by atoms with Crippen molar-refractivity contribution in [2.45, 2.75) is 18.9 Å². The fourth-order valence-corrected chi connectivity index (χ4v) is 3.13. The van der Waals surface area contributed by atoms with E-state index in [-0.39, 0.29) is 5.02 Å². The van der Waals surface area contributed by atoms with Gasteiger partial charge >= 0.3 is 0 Å². The zero-order valence-electron chi connectivity index (χ0n) is 10.8. The van der Waals surface area contributed by atoms with Crippen molar-refractivity contribution < 1.29 is 4.39 Å². The summed E-state index contributed by atoms with van der Waals surface area (Å²) in [6, 6.07) is 10.3. The molecule has 20 heavy (non-hydrogen) atoms. The average Bonchev–Trinajstić information content (AvgIpc) is 2.33. The molecule has 0 fully saturated rings. The smallest absolute Gasteiger partial charge is 0.142 e. The fourth-order valence-electron chi connectivity index (χ4n) is 2.12. The Bertz CT molecular complexity index is 644. The number of nitrogens with two attached hydrogens (primary N) is 1. The molecular formula is C15H13BrCl2FN. The molecule has 0 aromatic heterocycles.